The van der Waals surface area contributed by atoms with Gasteiger partial charge in [-0.05, 0) is 30.3 Å². The van der Waals surface area contributed by atoms with Crippen molar-refractivity contribution in [2.45, 2.75) is 0 Å². The van der Waals surface area contributed by atoms with Gasteiger partial charge in [0.2, 0.25) is 0 Å². The summed E-state index contributed by atoms with van der Waals surface area (Å²) in [7, 11) is 3.55. The number of nitriles is 1. The van der Waals surface area contributed by atoms with Crippen molar-refractivity contribution < 1.29 is 4.74 Å². The smallest absolute Gasteiger partial charge is 0.149 e. The Hall–Kier alpha value is -3.00. The van der Waals surface area contributed by atoms with E-state index in [0.717, 1.165) is 22.5 Å². The van der Waals surface area contributed by atoms with Crippen LogP contribution in [0.4, 0.5) is 0 Å². The predicted molar refractivity (Wildman–Crippen MR) is 81.5 cm³/mol. The van der Waals surface area contributed by atoms with E-state index in [2.05, 4.69) is 16.0 Å². The Morgan fingerprint density at radius 2 is 2.29 bits per heavy atom. The van der Waals surface area contributed by atoms with Gasteiger partial charge in [0.15, 0.2) is 0 Å². The van der Waals surface area contributed by atoms with Gasteiger partial charge in [-0.2, -0.15) is 5.26 Å². The minimum atomic E-state index is 0.493. The van der Waals surface area contributed by atoms with Gasteiger partial charge >= 0.3 is 0 Å². The van der Waals surface area contributed by atoms with E-state index in [1.807, 2.05) is 54.2 Å². The second-order valence-electron chi connectivity index (χ2n) is 4.68. The van der Waals surface area contributed by atoms with Crippen LogP contribution in [0.15, 0.2) is 36.5 Å². The van der Waals surface area contributed by atoms with Crippen LogP contribution in [0, 0.1) is 11.3 Å². The lowest BCUT2D eigenvalue weighted by atomic mass is 10.2. The van der Waals surface area contributed by atoms with E-state index in [4.69, 9.17) is 4.74 Å². The number of aryl methyl sites for hydroxylation is 1. The summed E-state index contributed by atoms with van der Waals surface area (Å²) in [5.41, 5.74) is 3.09. The summed E-state index contributed by atoms with van der Waals surface area (Å²) in [5.74, 6) is 1.31. The zero-order chi connectivity index (χ0) is 14.8. The van der Waals surface area contributed by atoms with Crippen LogP contribution in [-0.2, 0) is 7.05 Å². The van der Waals surface area contributed by atoms with Crippen LogP contribution < -0.4 is 4.74 Å². The molecule has 0 saturated carbocycles. The first-order chi connectivity index (χ1) is 10.2. The van der Waals surface area contributed by atoms with Gasteiger partial charge in [0.05, 0.1) is 23.7 Å². The zero-order valence-corrected chi connectivity index (χ0v) is 11.8. The number of methoxy groups -OCH3 is 1. The Bertz CT molecular complexity index is 864. The molecule has 0 bridgehead atoms. The summed E-state index contributed by atoms with van der Waals surface area (Å²) in [6.45, 7) is 0. The maximum Gasteiger partial charge on any atom is 0.149 e. The Morgan fingerprint density at radius 3 is 2.95 bits per heavy atom. The van der Waals surface area contributed by atoms with Crippen LogP contribution in [0.1, 0.15) is 11.5 Å². The van der Waals surface area contributed by atoms with E-state index in [-0.39, 0.29) is 0 Å². The number of nitrogens with zero attached hydrogens (tertiary/aromatic N) is 3. The molecule has 5 nitrogen and oxygen atoms in total. The van der Waals surface area contributed by atoms with Crippen molar-refractivity contribution in [2.24, 2.45) is 7.05 Å². The summed E-state index contributed by atoms with van der Waals surface area (Å²) < 4.78 is 7.14. The van der Waals surface area contributed by atoms with E-state index in [1.54, 1.807) is 7.11 Å². The number of aromatic nitrogens is 3. The van der Waals surface area contributed by atoms with E-state index < -0.39 is 0 Å². The molecule has 0 atom stereocenters. The SMILES string of the molecule is COc1ccc2nc(/C(C#N)=C\c3cccn3C)[nH]c2c1. The number of hydrogen-bond donors (Lipinski definition) is 1. The van der Waals surface area contributed by atoms with Gasteiger partial charge in [-0.25, -0.2) is 4.98 Å². The molecule has 0 saturated heterocycles. The van der Waals surface area contributed by atoms with Gasteiger partial charge in [-0.15, -0.1) is 0 Å². The quantitative estimate of drug-likeness (QED) is 0.749. The third kappa shape index (κ3) is 2.39. The molecular weight excluding hydrogens is 264 g/mol. The Kier molecular flexibility index (Phi) is 3.20. The molecule has 0 aliphatic carbocycles. The molecule has 0 fully saturated rings. The molecule has 0 radical (unpaired) electrons. The molecule has 1 aromatic carbocycles. The lowest BCUT2D eigenvalue weighted by molar-refractivity contribution is 0.415. The molecule has 0 aliphatic heterocycles. The first-order valence-corrected chi connectivity index (χ1v) is 6.48. The number of H-pyrrole nitrogens is 1. The molecule has 0 unspecified atom stereocenters. The summed E-state index contributed by atoms with van der Waals surface area (Å²) in [5, 5.41) is 9.38. The third-order valence-electron chi connectivity index (χ3n) is 3.34. The second kappa shape index (κ2) is 5.17. The number of benzene rings is 1. The number of imidazole rings is 1. The molecular formula is C16H14N4O. The first-order valence-electron chi connectivity index (χ1n) is 6.48. The summed E-state index contributed by atoms with van der Waals surface area (Å²) in [6, 6.07) is 11.7. The highest BCUT2D eigenvalue weighted by Crippen LogP contribution is 2.22. The molecule has 5 heteroatoms. The van der Waals surface area contributed by atoms with Crippen molar-refractivity contribution in [1.29, 1.82) is 5.26 Å². The first kappa shape index (κ1) is 13.0. The lowest BCUT2D eigenvalue weighted by Gasteiger charge is -1.97. The molecule has 3 aromatic rings. The minimum Gasteiger partial charge on any atom is -0.497 e. The van der Waals surface area contributed by atoms with Gasteiger partial charge in [-0.3, -0.25) is 0 Å². The Labute approximate surface area is 122 Å². The third-order valence-corrected chi connectivity index (χ3v) is 3.34. The highest BCUT2D eigenvalue weighted by molar-refractivity contribution is 5.90. The van der Waals surface area contributed by atoms with Crippen LogP contribution in [0.25, 0.3) is 22.7 Å². The second-order valence-corrected chi connectivity index (χ2v) is 4.68. The van der Waals surface area contributed by atoms with Gasteiger partial charge in [0, 0.05) is 25.0 Å². The Balaban J connectivity index is 2.08. The molecule has 0 spiro atoms. The van der Waals surface area contributed by atoms with Crippen LogP contribution in [0.2, 0.25) is 0 Å². The van der Waals surface area contributed by atoms with Gasteiger partial charge in [0.1, 0.15) is 17.6 Å². The highest BCUT2D eigenvalue weighted by Gasteiger charge is 2.09. The summed E-state index contributed by atoms with van der Waals surface area (Å²) >= 11 is 0. The largest absolute Gasteiger partial charge is 0.497 e. The molecule has 2 heterocycles. The fourth-order valence-electron chi connectivity index (χ4n) is 2.17. The topological polar surface area (TPSA) is 66.6 Å². The van der Waals surface area contributed by atoms with E-state index in [1.165, 1.54) is 0 Å². The van der Waals surface area contributed by atoms with Crippen molar-refractivity contribution in [3.05, 3.63) is 48.0 Å². The van der Waals surface area contributed by atoms with E-state index in [9.17, 15) is 5.26 Å². The average Bonchev–Trinajstić information content (AvgIpc) is 3.09. The molecule has 0 amide bonds. The Morgan fingerprint density at radius 1 is 1.43 bits per heavy atom. The van der Waals surface area contributed by atoms with Crippen LogP contribution in [-0.4, -0.2) is 21.6 Å². The average molecular weight is 278 g/mol. The van der Waals surface area contributed by atoms with Crippen molar-refractivity contribution in [3.8, 4) is 11.8 Å². The predicted octanol–water partition coefficient (Wildman–Crippen LogP) is 2.97. The fraction of sp³-hybridized carbons (Fsp3) is 0.125. The number of ether oxygens (including phenoxy) is 1. The van der Waals surface area contributed by atoms with Gasteiger partial charge in [0.25, 0.3) is 0 Å². The molecule has 0 aliphatic rings. The molecule has 21 heavy (non-hydrogen) atoms. The van der Waals surface area contributed by atoms with E-state index >= 15 is 0 Å². The minimum absolute atomic E-state index is 0.493. The maximum atomic E-state index is 9.38. The molecule has 3 rings (SSSR count). The molecule has 2 aromatic heterocycles. The number of rotatable bonds is 3. The van der Waals surface area contributed by atoms with Crippen LogP contribution >= 0.6 is 0 Å². The maximum absolute atomic E-state index is 9.38. The van der Waals surface area contributed by atoms with Gasteiger partial charge in [-0.1, -0.05) is 0 Å². The molecule has 104 valence electrons. The zero-order valence-electron chi connectivity index (χ0n) is 11.8. The van der Waals surface area contributed by atoms with Gasteiger partial charge < -0.3 is 14.3 Å². The number of hydrogen-bond acceptors (Lipinski definition) is 3. The van der Waals surface area contributed by atoms with E-state index in [0.29, 0.717) is 11.4 Å². The van der Waals surface area contributed by atoms with Crippen molar-refractivity contribution in [2.75, 3.05) is 7.11 Å². The van der Waals surface area contributed by atoms with Crippen LogP contribution in [0.3, 0.4) is 0 Å². The number of allylic oxidation sites excluding steroid dienone is 1. The highest BCUT2D eigenvalue weighted by atomic mass is 16.5. The summed E-state index contributed by atoms with van der Waals surface area (Å²) in [4.78, 5) is 7.62. The van der Waals surface area contributed by atoms with Crippen molar-refractivity contribution in [1.82, 2.24) is 14.5 Å². The monoisotopic (exact) mass is 278 g/mol. The number of nitrogens with one attached hydrogen (secondary N) is 1. The number of fused-ring (bicyclic) bond motifs is 1. The normalized spacial score (nSPS) is 11.6. The van der Waals surface area contributed by atoms with Crippen LogP contribution in [0.5, 0.6) is 5.75 Å². The fourth-order valence-corrected chi connectivity index (χ4v) is 2.17. The number of aromatic amines is 1. The lowest BCUT2D eigenvalue weighted by Crippen LogP contribution is -1.90. The van der Waals surface area contributed by atoms with Crippen molar-refractivity contribution in [3.63, 3.8) is 0 Å². The van der Waals surface area contributed by atoms with Crippen molar-refractivity contribution >= 4 is 22.7 Å². The standard InChI is InChI=1S/C16H14N4O/c1-20-7-3-4-12(20)8-11(10-17)16-18-14-6-5-13(21-2)9-15(14)19-16/h3-9H,1-2H3,(H,18,19)/b11-8-. The molecule has 1 N–H and O–H groups in total. The summed E-state index contributed by atoms with van der Waals surface area (Å²) in [6.07, 6.45) is 3.75.